The van der Waals surface area contributed by atoms with Gasteiger partial charge < -0.3 is 15.5 Å². The minimum absolute atomic E-state index is 0.173. The van der Waals surface area contributed by atoms with E-state index >= 15 is 0 Å². The largest absolute Gasteiger partial charge is 0.480 e. The summed E-state index contributed by atoms with van der Waals surface area (Å²) in [5.74, 6) is -1.32. The van der Waals surface area contributed by atoms with Gasteiger partial charge in [-0.2, -0.15) is 0 Å². The quantitative estimate of drug-likeness (QED) is 0.695. The van der Waals surface area contributed by atoms with Crippen LogP contribution < -0.4 is 5.32 Å². The smallest absolute Gasteiger partial charge is 0.327 e. The molecule has 18 heavy (non-hydrogen) atoms. The van der Waals surface area contributed by atoms with Crippen molar-refractivity contribution in [3.05, 3.63) is 23.3 Å². The zero-order valence-corrected chi connectivity index (χ0v) is 11.2. The third-order valence-electron chi connectivity index (χ3n) is 2.24. The van der Waals surface area contributed by atoms with Gasteiger partial charge in [0.25, 0.3) is 0 Å². The number of hydrogen-bond acceptors (Lipinski definition) is 4. The minimum atomic E-state index is -1.10. The van der Waals surface area contributed by atoms with Crippen LogP contribution in [-0.4, -0.2) is 45.2 Å². The van der Waals surface area contributed by atoms with Gasteiger partial charge in [-0.1, -0.05) is 17.7 Å². The second-order valence-electron chi connectivity index (χ2n) is 3.79. The highest BCUT2D eigenvalue weighted by Crippen LogP contribution is 2.24. The lowest BCUT2D eigenvalue weighted by Gasteiger charge is -2.21. The minimum Gasteiger partial charge on any atom is -0.480 e. The summed E-state index contributed by atoms with van der Waals surface area (Å²) in [4.78, 5) is 21.7. The van der Waals surface area contributed by atoms with Crippen LogP contribution in [0.3, 0.4) is 0 Å². The zero-order chi connectivity index (χ0) is 13.7. The number of aliphatic hydroxyl groups is 1. The summed E-state index contributed by atoms with van der Waals surface area (Å²) in [5, 5.41) is 21.2. The molecule has 0 aromatic rings. The van der Waals surface area contributed by atoms with E-state index in [0.717, 1.165) is 0 Å². The number of hydrogen-bond donors (Lipinski definition) is 3. The Hall–Kier alpha value is -0.980. The molecule has 7 heteroatoms. The van der Waals surface area contributed by atoms with Crippen LogP contribution in [0.5, 0.6) is 0 Å². The Balaban J connectivity index is 2.50. The van der Waals surface area contributed by atoms with E-state index in [9.17, 15) is 14.7 Å². The first-order chi connectivity index (χ1) is 8.40. The monoisotopic (exact) mass is 291 g/mol. The Morgan fingerprint density at radius 3 is 2.78 bits per heavy atom. The number of carbonyl (C=O) groups is 2. The average molecular weight is 292 g/mol. The molecule has 3 N–H and O–H groups in total. The summed E-state index contributed by atoms with van der Waals surface area (Å²) in [6.45, 7) is 1.26. The van der Waals surface area contributed by atoms with E-state index in [-0.39, 0.29) is 11.0 Å². The normalized spacial score (nSPS) is 24.3. The van der Waals surface area contributed by atoms with Crippen LogP contribution in [0.2, 0.25) is 0 Å². The molecule has 0 saturated carbocycles. The van der Waals surface area contributed by atoms with Gasteiger partial charge in [-0.3, -0.25) is 4.79 Å². The van der Waals surface area contributed by atoms with Crippen LogP contribution in [0.15, 0.2) is 23.3 Å². The highest BCUT2D eigenvalue weighted by molar-refractivity contribution is 8.00. The molecule has 1 amide bonds. The molecule has 0 aromatic heterocycles. The summed E-state index contributed by atoms with van der Waals surface area (Å²) < 4.78 is 0. The van der Waals surface area contributed by atoms with Crippen LogP contribution >= 0.6 is 23.4 Å². The summed E-state index contributed by atoms with van der Waals surface area (Å²) >= 11 is 6.96. The van der Waals surface area contributed by atoms with Gasteiger partial charge in [-0.25, -0.2) is 4.79 Å². The number of aliphatic carboxylic acids is 1. The second kappa shape index (κ2) is 6.82. The lowest BCUT2D eigenvalue weighted by molar-refractivity contribution is -0.140. The Bertz CT molecular complexity index is 397. The van der Waals surface area contributed by atoms with Gasteiger partial charge in [0.1, 0.15) is 6.04 Å². The molecule has 5 nitrogen and oxygen atoms in total. The second-order valence-corrected chi connectivity index (χ2v) is 5.44. The number of allylic oxidation sites excluding steroid dienone is 2. The van der Waals surface area contributed by atoms with Crippen LogP contribution in [0.1, 0.15) is 6.92 Å². The Kier molecular flexibility index (Phi) is 5.71. The molecule has 0 aliphatic heterocycles. The van der Waals surface area contributed by atoms with Crippen molar-refractivity contribution in [1.82, 2.24) is 5.32 Å². The summed E-state index contributed by atoms with van der Waals surface area (Å²) in [5.41, 5.74) is 0. The Morgan fingerprint density at radius 1 is 1.61 bits per heavy atom. The first-order valence-corrected chi connectivity index (χ1v) is 6.68. The van der Waals surface area contributed by atoms with Gasteiger partial charge in [0.15, 0.2) is 0 Å². The van der Waals surface area contributed by atoms with Crippen molar-refractivity contribution in [3.63, 3.8) is 0 Å². The van der Waals surface area contributed by atoms with Crippen LogP contribution in [0.25, 0.3) is 0 Å². The predicted octanol–water partition coefficient (Wildman–Crippen LogP) is 0.731. The number of carboxylic acids is 1. The molecule has 0 spiro atoms. The molecular formula is C11H14ClNO4S. The third kappa shape index (κ3) is 4.72. The third-order valence-corrected chi connectivity index (χ3v) is 3.84. The highest BCUT2D eigenvalue weighted by atomic mass is 35.5. The van der Waals surface area contributed by atoms with Gasteiger partial charge in [0.05, 0.1) is 11.4 Å². The van der Waals surface area contributed by atoms with Gasteiger partial charge in [-0.05, 0) is 12.2 Å². The molecule has 0 aromatic carbocycles. The van der Waals surface area contributed by atoms with Gasteiger partial charge in [-0.15, -0.1) is 11.8 Å². The summed E-state index contributed by atoms with van der Waals surface area (Å²) in [7, 11) is 0. The van der Waals surface area contributed by atoms with E-state index in [1.54, 1.807) is 12.2 Å². The van der Waals surface area contributed by atoms with Crippen LogP contribution in [0, 0.1) is 0 Å². The van der Waals surface area contributed by atoms with E-state index in [1.165, 1.54) is 24.8 Å². The molecule has 3 unspecified atom stereocenters. The van der Waals surface area contributed by atoms with E-state index < -0.39 is 24.0 Å². The lowest BCUT2D eigenvalue weighted by atomic mass is 10.1. The topological polar surface area (TPSA) is 86.6 Å². The first kappa shape index (κ1) is 15.1. The number of halogens is 1. The SMILES string of the molecule is CC(=O)NC(CSC1C=CC(Cl)=CC1O)C(=O)O. The molecule has 0 radical (unpaired) electrons. The van der Waals surface area contributed by atoms with E-state index in [4.69, 9.17) is 16.7 Å². The molecular weight excluding hydrogens is 278 g/mol. The van der Waals surface area contributed by atoms with Gasteiger partial charge >= 0.3 is 5.97 Å². The first-order valence-electron chi connectivity index (χ1n) is 5.25. The molecule has 1 aliphatic rings. The van der Waals surface area contributed by atoms with Crippen molar-refractivity contribution in [3.8, 4) is 0 Å². The molecule has 0 fully saturated rings. The van der Waals surface area contributed by atoms with Crippen LogP contribution in [0.4, 0.5) is 0 Å². The van der Waals surface area contributed by atoms with Crippen molar-refractivity contribution < 1.29 is 19.8 Å². The number of carboxylic acid groups (broad SMARTS) is 1. The van der Waals surface area contributed by atoms with Gasteiger partial charge in [0.2, 0.25) is 5.91 Å². The average Bonchev–Trinajstić information content (AvgIpc) is 2.25. The fourth-order valence-corrected chi connectivity index (χ4v) is 2.70. The maximum absolute atomic E-state index is 10.9. The van der Waals surface area contributed by atoms with Crippen molar-refractivity contribution in [2.75, 3.05) is 5.75 Å². The van der Waals surface area contributed by atoms with Crippen LogP contribution in [-0.2, 0) is 9.59 Å². The number of amides is 1. The molecule has 1 aliphatic carbocycles. The Morgan fingerprint density at radius 2 is 2.28 bits per heavy atom. The molecule has 3 atom stereocenters. The van der Waals surface area contributed by atoms with Crippen molar-refractivity contribution in [2.24, 2.45) is 0 Å². The molecule has 1 rings (SSSR count). The van der Waals surface area contributed by atoms with E-state index in [0.29, 0.717) is 5.03 Å². The fourth-order valence-electron chi connectivity index (χ4n) is 1.40. The Labute approximate surface area is 114 Å². The van der Waals surface area contributed by atoms with E-state index in [1.807, 2.05) is 0 Å². The summed E-state index contributed by atoms with van der Waals surface area (Å²) in [6.07, 6.45) is 4.11. The summed E-state index contributed by atoms with van der Waals surface area (Å²) in [6, 6.07) is -0.963. The standard InChI is InChI=1S/C11H14ClNO4S/c1-6(14)13-8(11(16)17)5-18-10-3-2-7(12)4-9(10)15/h2-4,8-10,15H,5H2,1H3,(H,13,14)(H,16,17). The van der Waals surface area contributed by atoms with Gasteiger partial charge in [0, 0.05) is 17.7 Å². The number of rotatable bonds is 5. The molecule has 100 valence electrons. The fraction of sp³-hybridized carbons (Fsp3) is 0.455. The van der Waals surface area contributed by atoms with Crippen molar-refractivity contribution in [2.45, 2.75) is 24.3 Å². The molecule has 0 bridgehead atoms. The van der Waals surface area contributed by atoms with Crippen molar-refractivity contribution in [1.29, 1.82) is 0 Å². The molecule has 0 heterocycles. The number of nitrogens with one attached hydrogen (secondary N) is 1. The number of thioether (sulfide) groups is 1. The van der Waals surface area contributed by atoms with Crippen molar-refractivity contribution >= 4 is 35.2 Å². The lowest BCUT2D eigenvalue weighted by Crippen LogP contribution is -2.42. The predicted molar refractivity (Wildman–Crippen MR) is 70.6 cm³/mol. The van der Waals surface area contributed by atoms with E-state index in [2.05, 4.69) is 5.32 Å². The maximum Gasteiger partial charge on any atom is 0.327 e. The zero-order valence-electron chi connectivity index (χ0n) is 9.67. The molecule has 0 saturated heterocycles. The number of aliphatic hydroxyl groups excluding tert-OH is 1. The highest BCUT2D eigenvalue weighted by Gasteiger charge is 2.24. The maximum atomic E-state index is 10.9. The number of carbonyl (C=O) groups excluding carboxylic acids is 1.